The first-order valence-corrected chi connectivity index (χ1v) is 19.3. The molecule has 1 aromatic carbocycles. The van der Waals surface area contributed by atoms with E-state index in [1.807, 2.05) is 20.9 Å². The van der Waals surface area contributed by atoms with Gasteiger partial charge in [0.1, 0.15) is 16.5 Å². The van der Waals surface area contributed by atoms with Gasteiger partial charge in [0, 0.05) is 50.2 Å². The van der Waals surface area contributed by atoms with Crippen LogP contribution >= 0.6 is 11.3 Å². The van der Waals surface area contributed by atoms with Gasteiger partial charge in [-0.05, 0) is 94.1 Å². The SMILES string of the molecule is CC(=O)O[C@H](C[C@H](C(C)C)N(C)C(=O)[C@@H](CC(=O)[C@H]1CCCCN1C)C1CC1)c1nc(C(=O)N[C@@H](Cc2cc(C)cc(F)c2)C[C@H](C)C(=O)O)cs1. The molecular formula is C39H55FN4O7S. The Bertz CT molecular complexity index is 1570. The Balaban J connectivity index is 1.50. The second-order valence-electron chi connectivity index (χ2n) is 15.3. The Morgan fingerprint density at radius 1 is 1.10 bits per heavy atom. The number of ketones is 1. The van der Waals surface area contributed by atoms with Crippen LogP contribution in [0.1, 0.15) is 112 Å². The van der Waals surface area contributed by atoms with Crippen LogP contribution in [0.4, 0.5) is 4.39 Å². The van der Waals surface area contributed by atoms with E-state index < -0.39 is 47.6 Å². The summed E-state index contributed by atoms with van der Waals surface area (Å²) in [6.45, 7) is 9.48. The van der Waals surface area contributed by atoms with Gasteiger partial charge < -0.3 is 20.1 Å². The number of carbonyl (C=O) groups excluding carboxylic acids is 4. The van der Waals surface area contributed by atoms with E-state index in [-0.39, 0.29) is 67.0 Å². The molecule has 2 heterocycles. The van der Waals surface area contributed by atoms with E-state index in [0.29, 0.717) is 16.1 Å². The summed E-state index contributed by atoms with van der Waals surface area (Å²) >= 11 is 1.16. The summed E-state index contributed by atoms with van der Waals surface area (Å²) in [5.74, 6) is -3.46. The number of rotatable bonds is 18. The molecule has 1 saturated heterocycles. The van der Waals surface area contributed by atoms with Gasteiger partial charge in [-0.25, -0.2) is 9.37 Å². The second-order valence-corrected chi connectivity index (χ2v) is 16.1. The van der Waals surface area contributed by atoms with Crippen molar-refractivity contribution in [3.8, 4) is 0 Å². The number of nitrogens with one attached hydrogen (secondary N) is 1. The van der Waals surface area contributed by atoms with Crippen LogP contribution in [-0.4, -0.2) is 88.2 Å². The summed E-state index contributed by atoms with van der Waals surface area (Å²) in [5.41, 5.74) is 1.41. The molecule has 52 heavy (non-hydrogen) atoms. The van der Waals surface area contributed by atoms with E-state index in [0.717, 1.165) is 50.0 Å². The first kappa shape index (κ1) is 41.1. The minimum atomic E-state index is -1.01. The summed E-state index contributed by atoms with van der Waals surface area (Å²) in [6, 6.07) is 3.43. The highest BCUT2D eigenvalue weighted by Gasteiger charge is 2.42. The fraction of sp³-hybridized carbons (Fsp3) is 0.641. The number of nitrogens with zero attached hydrogens (tertiary/aromatic N) is 3. The van der Waals surface area contributed by atoms with Crippen molar-refractivity contribution < 1.29 is 38.2 Å². The normalized spacial score (nSPS) is 19.3. The number of likely N-dealkylation sites (tertiary alicyclic amines) is 1. The molecule has 1 aliphatic heterocycles. The molecule has 4 rings (SSSR count). The summed E-state index contributed by atoms with van der Waals surface area (Å²) < 4.78 is 19.9. The van der Waals surface area contributed by atoms with Crippen molar-refractivity contribution in [2.24, 2.45) is 23.7 Å². The molecule has 6 atom stereocenters. The maximum absolute atomic E-state index is 14.1. The molecule has 1 aliphatic carbocycles. The highest BCUT2D eigenvalue weighted by molar-refractivity contribution is 7.09. The van der Waals surface area contributed by atoms with Crippen molar-refractivity contribution in [1.82, 2.24) is 20.1 Å². The summed E-state index contributed by atoms with van der Waals surface area (Å²) in [5, 5.41) is 14.4. The molecule has 286 valence electrons. The number of ether oxygens (including phenoxy) is 1. The first-order chi connectivity index (χ1) is 24.5. The van der Waals surface area contributed by atoms with Crippen LogP contribution in [0.2, 0.25) is 0 Å². The van der Waals surface area contributed by atoms with Gasteiger partial charge in [-0.2, -0.15) is 0 Å². The number of amides is 2. The molecule has 1 aromatic heterocycles. The second kappa shape index (κ2) is 18.4. The first-order valence-electron chi connectivity index (χ1n) is 18.5. The number of carbonyl (C=O) groups is 5. The smallest absolute Gasteiger partial charge is 0.306 e. The summed E-state index contributed by atoms with van der Waals surface area (Å²) in [4.78, 5) is 73.4. The van der Waals surface area contributed by atoms with E-state index in [9.17, 15) is 33.5 Å². The van der Waals surface area contributed by atoms with E-state index in [1.165, 1.54) is 19.1 Å². The van der Waals surface area contributed by atoms with Gasteiger partial charge in [-0.15, -0.1) is 11.3 Å². The minimum Gasteiger partial charge on any atom is -0.481 e. The van der Waals surface area contributed by atoms with Crippen LogP contribution in [0.15, 0.2) is 23.6 Å². The molecule has 0 radical (unpaired) electrons. The molecule has 11 nitrogen and oxygen atoms in total. The highest BCUT2D eigenvalue weighted by atomic mass is 32.1. The van der Waals surface area contributed by atoms with Crippen LogP contribution < -0.4 is 5.32 Å². The van der Waals surface area contributed by atoms with Gasteiger partial charge in [0.25, 0.3) is 5.91 Å². The van der Waals surface area contributed by atoms with Crippen LogP contribution in [0.5, 0.6) is 0 Å². The number of halogens is 1. The fourth-order valence-electron chi connectivity index (χ4n) is 7.44. The number of hydrogen-bond donors (Lipinski definition) is 2. The highest BCUT2D eigenvalue weighted by Crippen LogP contribution is 2.41. The molecule has 2 N–H and O–H groups in total. The third-order valence-electron chi connectivity index (χ3n) is 10.5. The zero-order chi connectivity index (χ0) is 38.3. The van der Waals surface area contributed by atoms with Gasteiger partial charge >= 0.3 is 11.9 Å². The van der Waals surface area contributed by atoms with Gasteiger partial charge in [-0.3, -0.25) is 28.9 Å². The lowest BCUT2D eigenvalue weighted by Crippen LogP contribution is -2.47. The van der Waals surface area contributed by atoms with Gasteiger partial charge in [-0.1, -0.05) is 33.3 Å². The molecule has 0 spiro atoms. The Morgan fingerprint density at radius 3 is 2.40 bits per heavy atom. The number of aromatic nitrogens is 1. The number of Topliss-reactive ketones (excluding diaryl/α,β-unsaturated/α-hetero) is 1. The van der Waals surface area contributed by atoms with E-state index in [4.69, 9.17) is 4.74 Å². The van der Waals surface area contributed by atoms with Crippen LogP contribution in [0, 0.1) is 36.4 Å². The fourth-order valence-corrected chi connectivity index (χ4v) is 8.28. The number of esters is 1. The van der Waals surface area contributed by atoms with Crippen molar-refractivity contribution in [3.63, 3.8) is 0 Å². The molecular weight excluding hydrogens is 688 g/mol. The number of aryl methyl sites for hydroxylation is 1. The molecule has 0 bridgehead atoms. The average Bonchev–Trinajstić information content (AvgIpc) is 3.78. The molecule has 2 aromatic rings. The molecule has 2 aliphatic rings. The topological polar surface area (TPSA) is 146 Å². The number of piperidine rings is 1. The molecule has 13 heteroatoms. The maximum Gasteiger partial charge on any atom is 0.306 e. The van der Waals surface area contributed by atoms with Crippen LogP contribution in [0.3, 0.4) is 0 Å². The maximum atomic E-state index is 14.1. The molecule has 1 saturated carbocycles. The van der Waals surface area contributed by atoms with E-state index >= 15 is 0 Å². The van der Waals surface area contributed by atoms with Gasteiger partial charge in [0.05, 0.1) is 12.0 Å². The number of benzene rings is 1. The Hall–Kier alpha value is -3.71. The number of carboxylic acids is 1. The molecule has 0 unspecified atom stereocenters. The predicted molar refractivity (Wildman–Crippen MR) is 196 cm³/mol. The Morgan fingerprint density at radius 2 is 1.81 bits per heavy atom. The van der Waals surface area contributed by atoms with Crippen molar-refractivity contribution >= 4 is 40.9 Å². The van der Waals surface area contributed by atoms with Crippen molar-refractivity contribution in [2.45, 2.75) is 117 Å². The number of aliphatic carboxylic acids is 1. The number of hydrogen-bond acceptors (Lipinski definition) is 9. The summed E-state index contributed by atoms with van der Waals surface area (Å²) in [7, 11) is 3.73. The standard InChI is InChI=1S/C39H55FN4O7S/c1-22(2)33(44(7)38(48)30(27-11-12-27)19-34(46)32-10-8-9-13-43(32)6)20-35(51-25(5)45)37-42-31(21-52-37)36(47)41-29(16-24(4)39(49)50)18-26-14-23(3)15-28(40)17-26/h14-15,17,21-22,24,27,29-30,32-33,35H,8-13,16,18-20H2,1-7H3,(H,41,47)(H,49,50)/t24-,29+,30-,32+,33+,35+/m0/s1. The number of likely N-dealkylation sites (N-methyl/N-ethyl adjacent to an activating group) is 1. The third-order valence-corrected chi connectivity index (χ3v) is 11.4. The largest absolute Gasteiger partial charge is 0.481 e. The summed E-state index contributed by atoms with van der Waals surface area (Å²) in [6.07, 6.45) is 4.68. The van der Waals surface area contributed by atoms with Crippen molar-refractivity contribution in [3.05, 3.63) is 51.2 Å². The van der Waals surface area contributed by atoms with Crippen molar-refractivity contribution in [1.29, 1.82) is 0 Å². The van der Waals surface area contributed by atoms with Gasteiger partial charge in [0.15, 0.2) is 11.9 Å². The third kappa shape index (κ3) is 11.4. The average molecular weight is 743 g/mol. The Kier molecular flexibility index (Phi) is 14.5. The quantitative estimate of drug-likeness (QED) is 0.176. The molecule has 2 amide bonds. The van der Waals surface area contributed by atoms with E-state index in [1.54, 1.807) is 37.2 Å². The van der Waals surface area contributed by atoms with Crippen LogP contribution in [-0.2, 0) is 30.3 Å². The zero-order valence-electron chi connectivity index (χ0n) is 31.5. The lowest BCUT2D eigenvalue weighted by atomic mass is 9.88. The van der Waals surface area contributed by atoms with E-state index in [2.05, 4.69) is 15.2 Å². The van der Waals surface area contributed by atoms with Crippen molar-refractivity contribution in [2.75, 3.05) is 20.6 Å². The minimum absolute atomic E-state index is 0.0294. The zero-order valence-corrected chi connectivity index (χ0v) is 32.3. The lowest BCUT2D eigenvalue weighted by molar-refractivity contribution is -0.149. The monoisotopic (exact) mass is 742 g/mol. The number of carboxylic acid groups (broad SMARTS) is 1. The number of thiazole rings is 1. The molecule has 2 fully saturated rings. The Labute approximate surface area is 310 Å². The van der Waals surface area contributed by atoms with Crippen LogP contribution in [0.25, 0.3) is 0 Å². The lowest BCUT2D eigenvalue weighted by Gasteiger charge is -2.36. The predicted octanol–water partition coefficient (Wildman–Crippen LogP) is 5.99. The van der Waals surface area contributed by atoms with Gasteiger partial charge in [0.2, 0.25) is 5.91 Å².